The number of benzene rings is 2. The normalized spacial score (nSPS) is 14.8. The van der Waals surface area contributed by atoms with E-state index in [2.05, 4.69) is 0 Å². The predicted octanol–water partition coefficient (Wildman–Crippen LogP) is 3.80. The lowest BCUT2D eigenvalue weighted by Gasteiger charge is -2.20. The van der Waals surface area contributed by atoms with Crippen molar-refractivity contribution in [3.05, 3.63) is 82.0 Å². The van der Waals surface area contributed by atoms with Crippen LogP contribution in [0.25, 0.3) is 11.1 Å². The second kappa shape index (κ2) is 7.58. The summed E-state index contributed by atoms with van der Waals surface area (Å²) in [7, 11) is 0. The number of carbonyl (C=O) groups is 2. The Morgan fingerprint density at radius 2 is 1.64 bits per heavy atom. The molecule has 5 nitrogen and oxygen atoms in total. The van der Waals surface area contributed by atoms with Gasteiger partial charge in [-0.1, -0.05) is 48.5 Å². The lowest BCUT2D eigenvalue weighted by Crippen LogP contribution is -2.36. The Balaban J connectivity index is 1.55. The van der Waals surface area contributed by atoms with E-state index in [0.29, 0.717) is 5.56 Å². The lowest BCUT2D eigenvalue weighted by molar-refractivity contribution is -0.160. The molecule has 4 rings (SSSR count). The summed E-state index contributed by atoms with van der Waals surface area (Å²) in [4.78, 5) is 24.3. The maximum absolute atomic E-state index is 12.6. The Bertz CT molecular complexity index is 969. The van der Waals surface area contributed by atoms with Gasteiger partial charge in [-0.3, -0.25) is 9.59 Å². The van der Waals surface area contributed by atoms with E-state index in [1.54, 1.807) is 16.8 Å². The van der Waals surface area contributed by atoms with E-state index in [9.17, 15) is 14.7 Å². The number of carbonyl (C=O) groups excluding carboxylic acids is 1. The maximum Gasteiger partial charge on any atom is 0.322 e. The van der Waals surface area contributed by atoms with Crippen molar-refractivity contribution in [3.63, 3.8) is 0 Å². The van der Waals surface area contributed by atoms with Crippen LogP contribution in [0.4, 0.5) is 0 Å². The highest BCUT2D eigenvalue weighted by Gasteiger charge is 2.37. The van der Waals surface area contributed by atoms with Gasteiger partial charge in [-0.15, -0.1) is 0 Å². The molecule has 0 saturated heterocycles. The molecular formula is C22H19NO4S. The molecule has 2 aromatic carbocycles. The van der Waals surface area contributed by atoms with Crippen LogP contribution in [0.2, 0.25) is 0 Å². The van der Waals surface area contributed by atoms with Crippen molar-refractivity contribution in [2.24, 2.45) is 11.7 Å². The van der Waals surface area contributed by atoms with Gasteiger partial charge in [0.1, 0.15) is 6.61 Å². The standard InChI is InChI=1S/C22H19NO4S/c23-20(13-9-10-28-12-13)19(21(24)25)22(26)27-11-18-16-7-3-1-5-14(16)15-6-2-4-8-17(15)18/h1-10,12,18-20H,11,23H2,(H,24,25)/t19-,20?/m0/s1. The van der Waals surface area contributed by atoms with Crippen LogP contribution in [-0.2, 0) is 14.3 Å². The molecule has 6 heteroatoms. The third-order valence-electron chi connectivity index (χ3n) is 5.16. The van der Waals surface area contributed by atoms with E-state index in [1.807, 2.05) is 48.5 Å². The van der Waals surface area contributed by atoms with Gasteiger partial charge in [0.25, 0.3) is 0 Å². The quantitative estimate of drug-likeness (QED) is 0.491. The fourth-order valence-corrected chi connectivity index (χ4v) is 4.46. The van der Waals surface area contributed by atoms with Crippen LogP contribution in [0.1, 0.15) is 28.7 Å². The molecule has 28 heavy (non-hydrogen) atoms. The average Bonchev–Trinajstić information content (AvgIpc) is 3.33. The van der Waals surface area contributed by atoms with E-state index < -0.39 is 23.9 Å². The Labute approximate surface area is 166 Å². The van der Waals surface area contributed by atoms with Gasteiger partial charge in [0, 0.05) is 5.92 Å². The summed E-state index contributed by atoms with van der Waals surface area (Å²) >= 11 is 1.40. The van der Waals surface area contributed by atoms with Crippen LogP contribution in [-0.4, -0.2) is 23.7 Å². The summed E-state index contributed by atoms with van der Waals surface area (Å²) < 4.78 is 5.49. The molecule has 3 aromatic rings. The van der Waals surface area contributed by atoms with Crippen molar-refractivity contribution >= 4 is 23.3 Å². The first-order valence-electron chi connectivity index (χ1n) is 8.93. The minimum absolute atomic E-state index is 0.0764. The van der Waals surface area contributed by atoms with Crippen molar-refractivity contribution in [1.29, 1.82) is 0 Å². The van der Waals surface area contributed by atoms with Crippen LogP contribution in [0.5, 0.6) is 0 Å². The summed E-state index contributed by atoms with van der Waals surface area (Å²) in [5.74, 6) is -3.66. The zero-order valence-corrected chi connectivity index (χ0v) is 15.8. The molecule has 0 fully saturated rings. The Morgan fingerprint density at radius 3 is 2.18 bits per heavy atom. The van der Waals surface area contributed by atoms with Crippen LogP contribution in [0, 0.1) is 5.92 Å². The number of fused-ring (bicyclic) bond motifs is 3. The number of carboxylic acid groups (broad SMARTS) is 1. The van der Waals surface area contributed by atoms with Gasteiger partial charge in [-0.2, -0.15) is 11.3 Å². The van der Waals surface area contributed by atoms with E-state index in [0.717, 1.165) is 22.3 Å². The van der Waals surface area contributed by atoms with Gasteiger partial charge in [0.15, 0.2) is 5.92 Å². The number of hydrogen-bond acceptors (Lipinski definition) is 5. The van der Waals surface area contributed by atoms with Crippen LogP contribution < -0.4 is 5.73 Å². The number of aliphatic carboxylic acids is 1. The minimum Gasteiger partial charge on any atom is -0.481 e. The number of ether oxygens (including phenoxy) is 1. The summed E-state index contributed by atoms with van der Waals surface area (Å²) in [6, 6.07) is 16.7. The summed E-state index contributed by atoms with van der Waals surface area (Å²) in [6.07, 6.45) is 0. The molecule has 1 aliphatic carbocycles. The largest absolute Gasteiger partial charge is 0.481 e. The van der Waals surface area contributed by atoms with Crippen molar-refractivity contribution in [1.82, 2.24) is 0 Å². The highest BCUT2D eigenvalue weighted by atomic mass is 32.1. The topological polar surface area (TPSA) is 89.6 Å². The molecule has 1 unspecified atom stereocenters. The highest BCUT2D eigenvalue weighted by molar-refractivity contribution is 7.08. The van der Waals surface area contributed by atoms with Gasteiger partial charge in [0.2, 0.25) is 0 Å². The number of rotatable bonds is 6. The van der Waals surface area contributed by atoms with Gasteiger partial charge in [-0.05, 0) is 44.6 Å². The highest BCUT2D eigenvalue weighted by Crippen LogP contribution is 2.44. The molecule has 0 bridgehead atoms. The Morgan fingerprint density at radius 1 is 1.04 bits per heavy atom. The molecule has 3 N–H and O–H groups in total. The average molecular weight is 393 g/mol. The van der Waals surface area contributed by atoms with Gasteiger partial charge >= 0.3 is 11.9 Å². The maximum atomic E-state index is 12.6. The number of thiophene rings is 1. The van der Waals surface area contributed by atoms with Crippen LogP contribution in [0.3, 0.4) is 0 Å². The molecule has 1 aromatic heterocycles. The smallest absolute Gasteiger partial charge is 0.322 e. The van der Waals surface area contributed by atoms with E-state index in [-0.39, 0.29) is 12.5 Å². The van der Waals surface area contributed by atoms with Gasteiger partial charge < -0.3 is 15.6 Å². The van der Waals surface area contributed by atoms with Gasteiger partial charge in [-0.25, -0.2) is 0 Å². The molecule has 0 amide bonds. The molecule has 0 saturated carbocycles. The summed E-state index contributed by atoms with van der Waals surface area (Å²) in [5, 5.41) is 13.1. The van der Waals surface area contributed by atoms with E-state index >= 15 is 0 Å². The first-order valence-corrected chi connectivity index (χ1v) is 9.87. The number of carboxylic acids is 1. The van der Waals surface area contributed by atoms with E-state index in [4.69, 9.17) is 10.5 Å². The van der Waals surface area contributed by atoms with Crippen molar-refractivity contribution in [3.8, 4) is 11.1 Å². The second-order valence-corrected chi connectivity index (χ2v) is 7.54. The molecule has 0 aliphatic heterocycles. The Hall–Kier alpha value is -2.96. The minimum atomic E-state index is -1.44. The summed E-state index contributed by atoms with van der Waals surface area (Å²) in [6.45, 7) is 0.0764. The molecule has 0 spiro atoms. The lowest BCUT2D eigenvalue weighted by atomic mass is 9.95. The molecule has 1 aliphatic rings. The fraction of sp³-hybridized carbons (Fsp3) is 0.182. The fourth-order valence-electron chi connectivity index (χ4n) is 3.75. The van der Waals surface area contributed by atoms with Crippen molar-refractivity contribution in [2.45, 2.75) is 12.0 Å². The molecule has 1 heterocycles. The number of nitrogens with two attached hydrogens (primary N) is 1. The molecule has 2 atom stereocenters. The first kappa shape index (κ1) is 18.4. The third kappa shape index (κ3) is 3.21. The van der Waals surface area contributed by atoms with Crippen LogP contribution in [0.15, 0.2) is 65.4 Å². The number of hydrogen-bond donors (Lipinski definition) is 2. The van der Waals surface area contributed by atoms with Crippen LogP contribution >= 0.6 is 11.3 Å². The zero-order valence-electron chi connectivity index (χ0n) is 14.9. The Kier molecular flexibility index (Phi) is 4.98. The second-order valence-electron chi connectivity index (χ2n) is 6.76. The third-order valence-corrected chi connectivity index (χ3v) is 5.86. The van der Waals surface area contributed by atoms with Crippen molar-refractivity contribution in [2.75, 3.05) is 6.61 Å². The SMILES string of the molecule is NC(c1ccsc1)[C@@H](C(=O)O)C(=O)OCC1c2ccccc2-c2ccccc21. The van der Waals surface area contributed by atoms with Crippen molar-refractivity contribution < 1.29 is 19.4 Å². The monoisotopic (exact) mass is 393 g/mol. The van der Waals surface area contributed by atoms with E-state index in [1.165, 1.54) is 11.3 Å². The predicted molar refractivity (Wildman–Crippen MR) is 107 cm³/mol. The first-order chi connectivity index (χ1) is 13.6. The zero-order chi connectivity index (χ0) is 19.7. The number of esters is 1. The van der Waals surface area contributed by atoms with Gasteiger partial charge in [0.05, 0.1) is 6.04 Å². The molecule has 142 valence electrons. The summed E-state index contributed by atoms with van der Waals surface area (Å²) in [5.41, 5.74) is 11.0. The molecular weight excluding hydrogens is 374 g/mol. The molecule has 0 radical (unpaired) electrons.